The second kappa shape index (κ2) is 7.36. The third kappa shape index (κ3) is 3.64. The molecule has 0 radical (unpaired) electrons. The quantitative estimate of drug-likeness (QED) is 0.722. The van der Waals surface area contributed by atoms with E-state index in [0.29, 0.717) is 5.92 Å². The zero-order valence-electron chi connectivity index (χ0n) is 16.7. The van der Waals surface area contributed by atoms with Crippen LogP contribution in [0.4, 0.5) is 11.5 Å². The molecule has 146 valence electrons. The summed E-state index contributed by atoms with van der Waals surface area (Å²) >= 11 is 0. The summed E-state index contributed by atoms with van der Waals surface area (Å²) in [6.45, 7) is 5.79. The van der Waals surface area contributed by atoms with E-state index >= 15 is 0 Å². The van der Waals surface area contributed by atoms with Gasteiger partial charge in [-0.15, -0.1) is 0 Å². The molecule has 0 saturated carbocycles. The van der Waals surface area contributed by atoms with Crippen LogP contribution in [-0.4, -0.2) is 45.8 Å². The predicted octanol–water partition coefficient (Wildman–Crippen LogP) is 3.72. The Kier molecular flexibility index (Phi) is 4.89. The van der Waals surface area contributed by atoms with Crippen LogP contribution in [0.3, 0.4) is 0 Å². The van der Waals surface area contributed by atoms with Gasteiger partial charge in [0.05, 0.1) is 16.8 Å². The standard InChI is InChI=1S/C22H27N5O/c1-22(2,28)16-8-12-27(13-9-16)17-6-4-15(5-7-17)18-14-19-20(21(23-3)26-18)25-11-10-24-19/h4-7,10-11,14,16,28H,8-9,12-13H2,1-3H3,(H,23,26). The van der Waals surface area contributed by atoms with Crippen molar-refractivity contribution in [3.8, 4) is 11.3 Å². The molecule has 6 heteroatoms. The smallest absolute Gasteiger partial charge is 0.154 e. The summed E-state index contributed by atoms with van der Waals surface area (Å²) in [6, 6.07) is 10.5. The molecule has 0 atom stereocenters. The van der Waals surface area contributed by atoms with Crippen molar-refractivity contribution >= 4 is 22.5 Å². The van der Waals surface area contributed by atoms with E-state index in [-0.39, 0.29) is 0 Å². The molecule has 1 fully saturated rings. The van der Waals surface area contributed by atoms with E-state index in [1.807, 2.05) is 27.0 Å². The molecule has 0 amide bonds. The molecule has 1 saturated heterocycles. The minimum atomic E-state index is -0.592. The molecule has 3 heterocycles. The van der Waals surface area contributed by atoms with Crippen LogP contribution in [0, 0.1) is 5.92 Å². The summed E-state index contributed by atoms with van der Waals surface area (Å²) in [6.07, 6.45) is 5.41. The molecule has 1 aromatic carbocycles. The van der Waals surface area contributed by atoms with Gasteiger partial charge in [-0.1, -0.05) is 12.1 Å². The minimum Gasteiger partial charge on any atom is -0.390 e. The summed E-state index contributed by atoms with van der Waals surface area (Å²) < 4.78 is 0. The molecule has 1 aliphatic heterocycles. The lowest BCUT2D eigenvalue weighted by Crippen LogP contribution is -2.41. The fourth-order valence-corrected chi connectivity index (χ4v) is 3.98. The molecule has 1 aliphatic rings. The van der Waals surface area contributed by atoms with Crippen LogP contribution >= 0.6 is 0 Å². The highest BCUT2D eigenvalue weighted by molar-refractivity contribution is 5.88. The Balaban J connectivity index is 1.55. The highest BCUT2D eigenvalue weighted by atomic mass is 16.3. The van der Waals surface area contributed by atoms with Crippen molar-refractivity contribution in [2.24, 2.45) is 5.92 Å². The number of hydrogen-bond acceptors (Lipinski definition) is 6. The maximum absolute atomic E-state index is 10.2. The topological polar surface area (TPSA) is 74.2 Å². The first-order valence-corrected chi connectivity index (χ1v) is 9.83. The average molecular weight is 377 g/mol. The van der Waals surface area contributed by atoms with Crippen molar-refractivity contribution in [3.05, 3.63) is 42.7 Å². The van der Waals surface area contributed by atoms with E-state index < -0.39 is 5.60 Å². The Bertz CT molecular complexity index is 957. The van der Waals surface area contributed by atoms with Crippen LogP contribution in [0.2, 0.25) is 0 Å². The first-order valence-electron chi connectivity index (χ1n) is 9.83. The van der Waals surface area contributed by atoms with Crippen LogP contribution in [0.1, 0.15) is 26.7 Å². The van der Waals surface area contributed by atoms with Crippen LogP contribution in [0.25, 0.3) is 22.3 Å². The maximum Gasteiger partial charge on any atom is 0.154 e. The number of benzene rings is 1. The van der Waals surface area contributed by atoms with Gasteiger partial charge in [-0.3, -0.25) is 4.98 Å². The van der Waals surface area contributed by atoms with Crippen LogP contribution in [-0.2, 0) is 0 Å². The number of aliphatic hydroxyl groups is 1. The van der Waals surface area contributed by atoms with Crippen molar-refractivity contribution in [1.82, 2.24) is 15.0 Å². The molecule has 2 aromatic heterocycles. The van der Waals surface area contributed by atoms with E-state index in [9.17, 15) is 5.11 Å². The molecule has 6 nitrogen and oxygen atoms in total. The maximum atomic E-state index is 10.2. The molecule has 3 aromatic rings. The van der Waals surface area contributed by atoms with Crippen LogP contribution in [0.15, 0.2) is 42.7 Å². The van der Waals surface area contributed by atoms with Gasteiger partial charge in [-0.05, 0) is 50.8 Å². The SMILES string of the molecule is CNc1nc(-c2ccc(N3CCC(C(C)(C)O)CC3)cc2)cc2nccnc12. The Morgan fingerprint density at radius 3 is 2.39 bits per heavy atom. The van der Waals surface area contributed by atoms with Crippen LogP contribution < -0.4 is 10.2 Å². The van der Waals surface area contributed by atoms with Crippen molar-refractivity contribution in [2.75, 3.05) is 30.4 Å². The lowest BCUT2D eigenvalue weighted by molar-refractivity contribution is 0.00652. The fraction of sp³-hybridized carbons (Fsp3) is 0.409. The normalized spacial score (nSPS) is 15.8. The second-order valence-electron chi connectivity index (χ2n) is 7.99. The Morgan fingerprint density at radius 1 is 1.07 bits per heavy atom. The molecule has 0 bridgehead atoms. The van der Waals surface area contributed by atoms with Crippen molar-refractivity contribution in [3.63, 3.8) is 0 Å². The van der Waals surface area contributed by atoms with Gasteiger partial charge in [0.2, 0.25) is 0 Å². The van der Waals surface area contributed by atoms with Crippen molar-refractivity contribution < 1.29 is 5.11 Å². The van der Waals surface area contributed by atoms with Gasteiger partial charge in [0.25, 0.3) is 0 Å². The molecule has 0 unspecified atom stereocenters. The monoisotopic (exact) mass is 377 g/mol. The highest BCUT2D eigenvalue weighted by Crippen LogP contribution is 2.31. The highest BCUT2D eigenvalue weighted by Gasteiger charge is 2.30. The Labute approximate surface area is 165 Å². The predicted molar refractivity (Wildman–Crippen MR) is 114 cm³/mol. The minimum absolute atomic E-state index is 0.367. The zero-order chi connectivity index (χ0) is 19.7. The van der Waals surface area contributed by atoms with Gasteiger partial charge in [-0.25, -0.2) is 9.97 Å². The number of fused-ring (bicyclic) bond motifs is 1. The van der Waals surface area contributed by atoms with E-state index in [1.54, 1.807) is 12.4 Å². The molecular formula is C22H27N5O. The number of piperidine rings is 1. The number of aromatic nitrogens is 3. The van der Waals surface area contributed by atoms with Crippen molar-refractivity contribution in [2.45, 2.75) is 32.3 Å². The van der Waals surface area contributed by atoms with Gasteiger partial charge in [0, 0.05) is 43.8 Å². The molecule has 4 rings (SSSR count). The first kappa shape index (κ1) is 18.6. The number of rotatable bonds is 4. The molecule has 0 spiro atoms. The number of hydrogen-bond donors (Lipinski definition) is 2. The number of pyridine rings is 1. The summed E-state index contributed by atoms with van der Waals surface area (Å²) in [7, 11) is 1.85. The third-order valence-electron chi connectivity index (χ3n) is 5.72. The summed E-state index contributed by atoms with van der Waals surface area (Å²) in [5.74, 6) is 1.10. The summed E-state index contributed by atoms with van der Waals surface area (Å²) in [5.41, 5.74) is 4.16. The van der Waals surface area contributed by atoms with Gasteiger partial charge < -0.3 is 15.3 Å². The molecule has 0 aliphatic carbocycles. The largest absolute Gasteiger partial charge is 0.390 e. The molecule has 28 heavy (non-hydrogen) atoms. The van der Waals surface area contributed by atoms with E-state index in [1.165, 1.54) is 5.69 Å². The summed E-state index contributed by atoms with van der Waals surface area (Å²) in [5, 5.41) is 13.4. The van der Waals surface area contributed by atoms with E-state index in [0.717, 1.165) is 54.0 Å². The Hall–Kier alpha value is -2.73. The van der Waals surface area contributed by atoms with Gasteiger partial charge in [-0.2, -0.15) is 0 Å². The van der Waals surface area contributed by atoms with E-state index in [2.05, 4.69) is 44.5 Å². The number of nitrogens with one attached hydrogen (secondary N) is 1. The summed E-state index contributed by atoms with van der Waals surface area (Å²) in [4.78, 5) is 15.9. The number of anilines is 2. The van der Waals surface area contributed by atoms with Gasteiger partial charge >= 0.3 is 0 Å². The molecular weight excluding hydrogens is 350 g/mol. The van der Waals surface area contributed by atoms with Crippen molar-refractivity contribution in [1.29, 1.82) is 0 Å². The van der Waals surface area contributed by atoms with E-state index in [4.69, 9.17) is 4.98 Å². The third-order valence-corrected chi connectivity index (χ3v) is 5.72. The second-order valence-corrected chi connectivity index (χ2v) is 7.99. The van der Waals surface area contributed by atoms with Gasteiger partial charge in [0.15, 0.2) is 5.82 Å². The van der Waals surface area contributed by atoms with Crippen LogP contribution in [0.5, 0.6) is 0 Å². The zero-order valence-corrected chi connectivity index (χ0v) is 16.7. The van der Waals surface area contributed by atoms with Gasteiger partial charge in [0.1, 0.15) is 5.52 Å². The fourth-order valence-electron chi connectivity index (χ4n) is 3.98. The molecule has 2 N–H and O–H groups in total. The lowest BCUT2D eigenvalue weighted by atomic mass is 9.83. The first-order chi connectivity index (χ1) is 13.5. The average Bonchev–Trinajstić information content (AvgIpc) is 2.72. The Morgan fingerprint density at radius 2 is 1.75 bits per heavy atom. The number of nitrogens with zero attached hydrogens (tertiary/aromatic N) is 4. The lowest BCUT2D eigenvalue weighted by Gasteiger charge is -2.38.